The molecule has 5 aromatic rings. The topological polar surface area (TPSA) is 146 Å². The number of hydrogen-bond acceptors (Lipinski definition) is 7. The first kappa shape index (κ1) is 40.9. The minimum absolute atomic E-state index is 0.0815. The van der Waals surface area contributed by atoms with E-state index in [2.05, 4.69) is 68.2 Å². The van der Waals surface area contributed by atoms with E-state index in [0.29, 0.717) is 55.8 Å². The van der Waals surface area contributed by atoms with Gasteiger partial charge in [0.1, 0.15) is 6.10 Å². The zero-order valence-corrected chi connectivity index (χ0v) is 33.3. The average molecular weight is 793 g/mol. The third kappa shape index (κ3) is 11.0. The summed E-state index contributed by atoms with van der Waals surface area (Å²) in [6.07, 6.45) is 2.41. The Labute approximate surface area is 345 Å². The molecule has 0 bridgehead atoms. The number of nitrogens with zero attached hydrogens (tertiary/aromatic N) is 2. The lowest BCUT2D eigenvalue weighted by molar-refractivity contribution is -0.123. The van der Waals surface area contributed by atoms with Crippen molar-refractivity contribution in [1.29, 1.82) is 0 Å². The third-order valence-corrected chi connectivity index (χ3v) is 11.2. The lowest BCUT2D eigenvalue weighted by Crippen LogP contribution is -2.42. The molecule has 0 saturated carbocycles. The van der Waals surface area contributed by atoms with Gasteiger partial charge in [-0.15, -0.1) is 0 Å². The Morgan fingerprint density at radius 1 is 0.627 bits per heavy atom. The number of benzene rings is 5. The zero-order chi connectivity index (χ0) is 41.0. The summed E-state index contributed by atoms with van der Waals surface area (Å²) in [6.45, 7) is 4.68. The second-order valence-corrected chi connectivity index (χ2v) is 15.2. The number of piperidine rings is 2. The highest BCUT2D eigenvalue weighted by Gasteiger charge is 2.25. The summed E-state index contributed by atoms with van der Waals surface area (Å²) in [6, 6.07) is 41.6. The molecule has 0 unspecified atom stereocenters. The van der Waals surface area contributed by atoms with E-state index < -0.39 is 6.09 Å². The molecule has 5 N–H and O–H groups in total. The third-order valence-electron chi connectivity index (χ3n) is 11.2. The van der Waals surface area contributed by atoms with Gasteiger partial charge >= 0.3 is 6.09 Å². The second-order valence-electron chi connectivity index (χ2n) is 15.2. The normalized spacial score (nSPS) is 15.3. The zero-order valence-electron chi connectivity index (χ0n) is 33.3. The van der Waals surface area contributed by atoms with Crippen LogP contribution in [0.15, 0.2) is 127 Å². The van der Waals surface area contributed by atoms with Crippen LogP contribution >= 0.6 is 0 Å². The Bertz CT molecular complexity index is 2220. The van der Waals surface area contributed by atoms with Gasteiger partial charge in [0.05, 0.1) is 5.69 Å². The number of anilines is 2. The summed E-state index contributed by atoms with van der Waals surface area (Å²) >= 11 is 0. The van der Waals surface area contributed by atoms with Gasteiger partial charge in [-0.2, -0.15) is 0 Å². The van der Waals surface area contributed by atoms with Gasteiger partial charge < -0.3 is 30.9 Å². The van der Waals surface area contributed by atoms with Crippen molar-refractivity contribution in [3.05, 3.63) is 133 Å². The number of nitrogens with two attached hydrogens (primary N) is 1. The summed E-state index contributed by atoms with van der Waals surface area (Å²) < 4.78 is 6.00. The van der Waals surface area contributed by atoms with E-state index in [1.807, 2.05) is 60.7 Å². The molecule has 0 spiro atoms. The maximum atomic E-state index is 13.5. The van der Waals surface area contributed by atoms with Crippen LogP contribution in [0.5, 0.6) is 0 Å². The van der Waals surface area contributed by atoms with E-state index in [1.165, 1.54) is 0 Å². The number of carbonyl (C=O) groups excluding carboxylic acids is 4. The van der Waals surface area contributed by atoms with Crippen molar-refractivity contribution in [3.8, 4) is 33.4 Å². The molecule has 2 heterocycles. The smallest absolute Gasteiger partial charge is 0.411 e. The number of likely N-dealkylation sites (tertiary alicyclic amines) is 2. The lowest BCUT2D eigenvalue weighted by atomic mass is 9.88. The van der Waals surface area contributed by atoms with Crippen molar-refractivity contribution >= 4 is 35.2 Å². The Morgan fingerprint density at radius 3 is 1.92 bits per heavy atom. The molecule has 2 aliphatic rings. The van der Waals surface area contributed by atoms with Gasteiger partial charge in [0.2, 0.25) is 11.8 Å². The van der Waals surface area contributed by atoms with E-state index in [4.69, 9.17) is 10.5 Å². The van der Waals surface area contributed by atoms with Gasteiger partial charge in [0.25, 0.3) is 5.91 Å². The van der Waals surface area contributed by atoms with Crippen LogP contribution in [0, 0.1) is 5.92 Å². The molecule has 2 fully saturated rings. The minimum atomic E-state index is -0.487. The Kier molecular flexibility index (Phi) is 13.8. The first-order chi connectivity index (χ1) is 28.8. The predicted molar refractivity (Wildman–Crippen MR) is 233 cm³/mol. The largest absolute Gasteiger partial charge is 0.446 e. The molecule has 4 amide bonds. The summed E-state index contributed by atoms with van der Waals surface area (Å²) in [5.41, 5.74) is 13.3. The quantitative estimate of drug-likeness (QED) is 0.0904. The van der Waals surface area contributed by atoms with E-state index >= 15 is 0 Å². The molecule has 0 atom stereocenters. The fourth-order valence-electron chi connectivity index (χ4n) is 8.01. The van der Waals surface area contributed by atoms with Gasteiger partial charge in [-0.3, -0.25) is 19.7 Å². The molecule has 0 radical (unpaired) electrons. The van der Waals surface area contributed by atoms with E-state index in [9.17, 15) is 19.2 Å². The maximum Gasteiger partial charge on any atom is 0.411 e. The van der Waals surface area contributed by atoms with Gasteiger partial charge in [0, 0.05) is 61.9 Å². The average Bonchev–Trinajstić information content (AvgIpc) is 3.27. The van der Waals surface area contributed by atoms with Gasteiger partial charge in [-0.1, -0.05) is 103 Å². The van der Waals surface area contributed by atoms with Gasteiger partial charge in [-0.25, -0.2) is 4.79 Å². The van der Waals surface area contributed by atoms with Crippen LogP contribution in [0.2, 0.25) is 0 Å². The SMILES string of the molecule is NC(=O)C1CCN(CCC(=O)Nc2cccc(C(=O)NCCN3CCC(OC(=O)Nc4cccc(-c5ccccc5)c4-c4ccccc4-c4ccccc4)CC3)c2)CC1. The number of ether oxygens (including phenoxy) is 1. The minimum Gasteiger partial charge on any atom is -0.446 e. The number of amides is 4. The van der Waals surface area contributed by atoms with E-state index in [0.717, 1.165) is 72.4 Å². The summed E-state index contributed by atoms with van der Waals surface area (Å²) in [4.78, 5) is 55.0. The molecule has 11 nitrogen and oxygen atoms in total. The fraction of sp³-hybridized carbons (Fsp3) is 0.292. The monoisotopic (exact) mass is 792 g/mol. The fourth-order valence-corrected chi connectivity index (χ4v) is 8.01. The lowest BCUT2D eigenvalue weighted by Gasteiger charge is -2.31. The highest BCUT2D eigenvalue weighted by atomic mass is 16.6. The van der Waals surface area contributed by atoms with Crippen molar-refractivity contribution in [1.82, 2.24) is 15.1 Å². The molecule has 304 valence electrons. The Balaban J connectivity index is 0.882. The number of rotatable bonds is 14. The number of nitrogens with one attached hydrogen (secondary N) is 3. The van der Waals surface area contributed by atoms with Gasteiger partial charge in [0.15, 0.2) is 0 Å². The van der Waals surface area contributed by atoms with E-state index in [-0.39, 0.29) is 29.7 Å². The highest BCUT2D eigenvalue weighted by molar-refractivity contribution is 6.02. The van der Waals surface area contributed by atoms with Crippen molar-refractivity contribution in [3.63, 3.8) is 0 Å². The van der Waals surface area contributed by atoms with Crippen LogP contribution < -0.4 is 21.7 Å². The van der Waals surface area contributed by atoms with Crippen LogP contribution in [0.3, 0.4) is 0 Å². The summed E-state index contributed by atoms with van der Waals surface area (Å²) in [5, 5.41) is 9.00. The van der Waals surface area contributed by atoms with Crippen LogP contribution in [0.25, 0.3) is 33.4 Å². The molecule has 7 rings (SSSR count). The number of primary amides is 1. The second kappa shape index (κ2) is 19.9. The molecule has 59 heavy (non-hydrogen) atoms. The molecule has 11 heteroatoms. The molecular formula is C48H52N6O5. The van der Waals surface area contributed by atoms with Crippen LogP contribution in [-0.2, 0) is 14.3 Å². The molecule has 2 aliphatic heterocycles. The molecule has 2 saturated heterocycles. The summed E-state index contributed by atoms with van der Waals surface area (Å²) in [7, 11) is 0. The first-order valence-corrected chi connectivity index (χ1v) is 20.5. The van der Waals surface area contributed by atoms with E-state index in [1.54, 1.807) is 24.3 Å². The molecule has 0 aliphatic carbocycles. The van der Waals surface area contributed by atoms with Crippen molar-refractivity contribution in [2.75, 3.05) is 56.4 Å². The van der Waals surface area contributed by atoms with Crippen LogP contribution in [0.1, 0.15) is 42.5 Å². The highest BCUT2D eigenvalue weighted by Crippen LogP contribution is 2.42. The van der Waals surface area contributed by atoms with Crippen LogP contribution in [0.4, 0.5) is 16.2 Å². The molecule has 5 aromatic carbocycles. The Morgan fingerprint density at radius 2 is 1.22 bits per heavy atom. The molecule has 0 aromatic heterocycles. The maximum absolute atomic E-state index is 13.5. The van der Waals surface area contributed by atoms with Crippen LogP contribution in [-0.4, -0.2) is 85.5 Å². The van der Waals surface area contributed by atoms with Crippen molar-refractivity contribution in [2.45, 2.75) is 38.2 Å². The summed E-state index contributed by atoms with van der Waals surface area (Å²) in [5.74, 6) is -0.674. The Hall–Kier alpha value is -6.30. The first-order valence-electron chi connectivity index (χ1n) is 20.5. The molecular weight excluding hydrogens is 741 g/mol. The van der Waals surface area contributed by atoms with Crippen molar-refractivity contribution in [2.24, 2.45) is 11.7 Å². The predicted octanol–water partition coefficient (Wildman–Crippen LogP) is 7.66. The number of hydrogen-bond donors (Lipinski definition) is 4. The van der Waals surface area contributed by atoms with Gasteiger partial charge in [-0.05, 0) is 90.9 Å². The standard InChI is InChI=1S/C48H52N6O5/c49-46(56)36-21-27-53(28-22-36)31-25-44(55)51-38-16-9-15-37(33-38)47(57)50-26-32-54-29-23-39(24-30-54)59-48(58)52-43-20-10-19-41(35-13-5-2-6-14-35)45(43)42-18-8-7-17-40(42)34-11-3-1-4-12-34/h1-20,33,36,39H,21-32H2,(H2,49,56)(H,50,57)(H,51,55)(H,52,58). The van der Waals surface area contributed by atoms with Crippen molar-refractivity contribution < 1.29 is 23.9 Å². The number of carbonyl (C=O) groups is 4.